The van der Waals surface area contributed by atoms with E-state index in [-0.39, 0.29) is 0 Å². The number of allylic oxidation sites excluding steroid dienone is 2. The maximum atomic E-state index is 2.39. The summed E-state index contributed by atoms with van der Waals surface area (Å²) in [5.74, 6) is 3.58. The Morgan fingerprint density at radius 1 is 1.09 bits per heavy atom. The van der Waals surface area contributed by atoms with Gasteiger partial charge in [0.05, 0.1) is 0 Å². The van der Waals surface area contributed by atoms with Crippen LogP contribution >= 0.6 is 0 Å². The van der Waals surface area contributed by atoms with Crippen molar-refractivity contribution in [3.05, 3.63) is 12.2 Å². The Bertz CT molecular complexity index is 146. The van der Waals surface area contributed by atoms with Gasteiger partial charge in [-0.25, -0.2) is 0 Å². The molecule has 4 atom stereocenters. The normalized spacial score (nSPS) is 45.5. The molecule has 1 rings (SSSR count). The quantitative estimate of drug-likeness (QED) is 0.504. The van der Waals surface area contributed by atoms with E-state index < -0.39 is 0 Å². The smallest absolute Gasteiger partial charge is 0.0203 e. The summed E-state index contributed by atoms with van der Waals surface area (Å²) in [6.45, 7) is 9.28. The molecule has 0 spiro atoms. The Hall–Kier alpha value is -0.260. The molecule has 0 saturated heterocycles. The molecule has 1 aliphatic carbocycles. The molecular weight excluding hydrogens is 132 g/mol. The van der Waals surface area contributed by atoms with Crippen molar-refractivity contribution in [2.75, 3.05) is 0 Å². The highest BCUT2D eigenvalue weighted by molar-refractivity contribution is 4.96. The molecule has 0 aromatic heterocycles. The molecule has 0 aromatic rings. The van der Waals surface area contributed by atoms with Gasteiger partial charge in [-0.15, -0.1) is 0 Å². The van der Waals surface area contributed by atoms with Gasteiger partial charge in [-0.2, -0.15) is 0 Å². The highest BCUT2D eigenvalue weighted by atomic mass is 14.4. The standard InChI is InChI=1S/C11H20/c1-5-6-11-7-8(2)9(3)10(11)4/h5-6,8-11H,7H2,1-4H3. The Labute approximate surface area is 70.7 Å². The minimum absolute atomic E-state index is 0.852. The van der Waals surface area contributed by atoms with Crippen molar-refractivity contribution in [3.63, 3.8) is 0 Å². The van der Waals surface area contributed by atoms with Gasteiger partial charge >= 0.3 is 0 Å². The zero-order valence-electron chi connectivity index (χ0n) is 8.17. The van der Waals surface area contributed by atoms with Crippen LogP contribution in [-0.4, -0.2) is 0 Å². The fourth-order valence-corrected chi connectivity index (χ4v) is 2.27. The van der Waals surface area contributed by atoms with Crippen LogP contribution < -0.4 is 0 Å². The average Bonchev–Trinajstić information content (AvgIpc) is 2.19. The van der Waals surface area contributed by atoms with Crippen LogP contribution in [-0.2, 0) is 0 Å². The molecule has 0 heterocycles. The third-order valence-corrected chi connectivity index (χ3v) is 3.49. The Kier molecular flexibility index (Phi) is 2.75. The highest BCUT2D eigenvalue weighted by Crippen LogP contribution is 2.41. The lowest BCUT2D eigenvalue weighted by Gasteiger charge is -2.15. The number of hydrogen-bond donors (Lipinski definition) is 0. The second-order valence-electron chi connectivity index (χ2n) is 4.12. The van der Waals surface area contributed by atoms with Gasteiger partial charge in [0.15, 0.2) is 0 Å². The molecule has 64 valence electrons. The summed E-state index contributed by atoms with van der Waals surface area (Å²) in [5, 5.41) is 0. The van der Waals surface area contributed by atoms with E-state index in [1.165, 1.54) is 6.42 Å². The fourth-order valence-electron chi connectivity index (χ4n) is 2.27. The van der Waals surface area contributed by atoms with E-state index in [2.05, 4.69) is 39.8 Å². The van der Waals surface area contributed by atoms with E-state index in [1.54, 1.807) is 0 Å². The first kappa shape index (κ1) is 8.83. The van der Waals surface area contributed by atoms with Gasteiger partial charge in [0.2, 0.25) is 0 Å². The van der Waals surface area contributed by atoms with Crippen LogP contribution in [0.4, 0.5) is 0 Å². The molecule has 0 radical (unpaired) electrons. The van der Waals surface area contributed by atoms with Crippen LogP contribution in [0.25, 0.3) is 0 Å². The second-order valence-corrected chi connectivity index (χ2v) is 4.12. The van der Waals surface area contributed by atoms with Gasteiger partial charge in [-0.3, -0.25) is 0 Å². The maximum Gasteiger partial charge on any atom is -0.0203 e. The molecule has 11 heavy (non-hydrogen) atoms. The van der Waals surface area contributed by atoms with Gasteiger partial charge in [0.25, 0.3) is 0 Å². The molecular formula is C11H20. The third-order valence-electron chi connectivity index (χ3n) is 3.49. The molecule has 1 aliphatic rings. The monoisotopic (exact) mass is 152 g/mol. The fraction of sp³-hybridized carbons (Fsp3) is 0.818. The van der Waals surface area contributed by atoms with Crippen molar-refractivity contribution in [1.82, 2.24) is 0 Å². The predicted molar refractivity (Wildman–Crippen MR) is 50.4 cm³/mol. The summed E-state index contributed by atoms with van der Waals surface area (Å²) in [7, 11) is 0. The van der Waals surface area contributed by atoms with E-state index in [9.17, 15) is 0 Å². The first-order valence-electron chi connectivity index (χ1n) is 4.79. The van der Waals surface area contributed by atoms with E-state index in [0.717, 1.165) is 23.7 Å². The first-order valence-corrected chi connectivity index (χ1v) is 4.79. The first-order chi connectivity index (χ1) is 5.16. The van der Waals surface area contributed by atoms with Crippen LogP contribution in [0.5, 0.6) is 0 Å². The summed E-state index contributed by atoms with van der Waals surface area (Å²) < 4.78 is 0. The van der Waals surface area contributed by atoms with Gasteiger partial charge in [-0.1, -0.05) is 32.9 Å². The minimum Gasteiger partial charge on any atom is -0.0914 e. The van der Waals surface area contributed by atoms with Crippen LogP contribution in [0.15, 0.2) is 12.2 Å². The highest BCUT2D eigenvalue weighted by Gasteiger charge is 2.33. The van der Waals surface area contributed by atoms with Crippen LogP contribution in [0, 0.1) is 23.7 Å². The number of rotatable bonds is 1. The number of hydrogen-bond acceptors (Lipinski definition) is 0. The lowest BCUT2D eigenvalue weighted by Crippen LogP contribution is -2.08. The van der Waals surface area contributed by atoms with E-state index in [0.29, 0.717) is 0 Å². The summed E-state index contributed by atoms with van der Waals surface area (Å²) in [5.41, 5.74) is 0. The van der Waals surface area contributed by atoms with Crippen molar-refractivity contribution in [2.24, 2.45) is 23.7 Å². The molecule has 0 aromatic carbocycles. The Morgan fingerprint density at radius 2 is 1.73 bits per heavy atom. The summed E-state index contributed by atoms with van der Waals surface area (Å²) >= 11 is 0. The van der Waals surface area contributed by atoms with E-state index >= 15 is 0 Å². The van der Waals surface area contributed by atoms with Crippen molar-refractivity contribution in [1.29, 1.82) is 0 Å². The lowest BCUT2D eigenvalue weighted by atomic mass is 9.91. The molecule has 0 bridgehead atoms. The molecule has 0 N–H and O–H groups in total. The molecule has 1 fully saturated rings. The Morgan fingerprint density at radius 3 is 2.09 bits per heavy atom. The Balaban J connectivity index is 2.59. The minimum atomic E-state index is 0.852. The third kappa shape index (κ3) is 1.66. The van der Waals surface area contributed by atoms with Crippen molar-refractivity contribution in [2.45, 2.75) is 34.1 Å². The van der Waals surface area contributed by atoms with Crippen molar-refractivity contribution >= 4 is 0 Å². The van der Waals surface area contributed by atoms with Gasteiger partial charge in [0, 0.05) is 0 Å². The molecule has 0 aliphatic heterocycles. The van der Waals surface area contributed by atoms with Gasteiger partial charge in [0.1, 0.15) is 0 Å². The van der Waals surface area contributed by atoms with Crippen LogP contribution in [0.2, 0.25) is 0 Å². The van der Waals surface area contributed by atoms with Crippen molar-refractivity contribution < 1.29 is 0 Å². The zero-order valence-corrected chi connectivity index (χ0v) is 8.17. The molecule has 4 unspecified atom stereocenters. The molecule has 0 amide bonds. The zero-order chi connectivity index (χ0) is 8.43. The molecule has 0 nitrogen and oxygen atoms in total. The second kappa shape index (κ2) is 3.42. The topological polar surface area (TPSA) is 0 Å². The summed E-state index contributed by atoms with van der Waals surface area (Å²) in [4.78, 5) is 0. The van der Waals surface area contributed by atoms with Crippen LogP contribution in [0.1, 0.15) is 34.1 Å². The lowest BCUT2D eigenvalue weighted by molar-refractivity contribution is 0.363. The summed E-state index contributed by atoms with van der Waals surface area (Å²) in [6, 6.07) is 0. The molecule has 1 saturated carbocycles. The van der Waals surface area contributed by atoms with E-state index in [4.69, 9.17) is 0 Å². The summed E-state index contributed by atoms with van der Waals surface area (Å²) in [6.07, 6.45) is 5.98. The van der Waals surface area contributed by atoms with Gasteiger partial charge < -0.3 is 0 Å². The van der Waals surface area contributed by atoms with Crippen molar-refractivity contribution in [3.8, 4) is 0 Å². The molecule has 0 heteroatoms. The maximum absolute atomic E-state index is 2.39. The van der Waals surface area contributed by atoms with Crippen LogP contribution in [0.3, 0.4) is 0 Å². The van der Waals surface area contributed by atoms with Gasteiger partial charge in [-0.05, 0) is 37.0 Å². The SMILES string of the molecule is CC=CC1CC(C)C(C)C1C. The largest absolute Gasteiger partial charge is 0.0914 e. The van der Waals surface area contributed by atoms with E-state index in [1.807, 2.05) is 0 Å². The predicted octanol–water partition coefficient (Wildman–Crippen LogP) is 3.49. The average molecular weight is 152 g/mol.